The van der Waals surface area contributed by atoms with Crippen LogP contribution in [0.4, 0.5) is 10.5 Å². The summed E-state index contributed by atoms with van der Waals surface area (Å²) >= 11 is 0. The minimum absolute atomic E-state index is 0.0297. The quantitative estimate of drug-likeness (QED) is 0.786. The number of para-hydroxylation sites is 3. The Hall–Kier alpha value is -2.57. The molecular formula is C22H28N2O4. The smallest absolute Gasteiger partial charge is 0.321 e. The van der Waals surface area contributed by atoms with Gasteiger partial charge in [-0.2, -0.15) is 0 Å². The highest BCUT2D eigenvalue weighted by molar-refractivity contribution is 5.91. The molecule has 1 aliphatic heterocycles. The molecule has 0 saturated carbocycles. The van der Waals surface area contributed by atoms with E-state index in [9.17, 15) is 9.90 Å². The highest BCUT2D eigenvalue weighted by Crippen LogP contribution is 2.33. The highest BCUT2D eigenvalue weighted by atomic mass is 16.5. The first-order valence-electron chi connectivity index (χ1n) is 9.61. The van der Waals surface area contributed by atoms with Gasteiger partial charge in [-0.3, -0.25) is 0 Å². The third-order valence-electron chi connectivity index (χ3n) is 5.35. The summed E-state index contributed by atoms with van der Waals surface area (Å²) in [5.74, 6) is 1.26. The molecule has 0 radical (unpaired) electrons. The topological polar surface area (TPSA) is 71.0 Å². The number of hydrogen-bond acceptors (Lipinski definition) is 4. The van der Waals surface area contributed by atoms with Gasteiger partial charge in [0, 0.05) is 32.7 Å². The van der Waals surface area contributed by atoms with Gasteiger partial charge in [-0.05, 0) is 37.1 Å². The minimum atomic E-state index is -0.791. The van der Waals surface area contributed by atoms with Crippen molar-refractivity contribution in [2.45, 2.75) is 25.4 Å². The number of methoxy groups -OCH3 is 1. The summed E-state index contributed by atoms with van der Waals surface area (Å²) in [6.45, 7) is 3.48. The molecular weight excluding hydrogens is 356 g/mol. The van der Waals surface area contributed by atoms with Gasteiger partial charge < -0.3 is 24.8 Å². The molecule has 1 aliphatic rings. The van der Waals surface area contributed by atoms with Crippen molar-refractivity contribution >= 4 is 11.7 Å². The van der Waals surface area contributed by atoms with Crippen molar-refractivity contribution in [2.24, 2.45) is 5.92 Å². The summed E-state index contributed by atoms with van der Waals surface area (Å²) in [6.07, 6.45) is 1.11. The maximum atomic E-state index is 12.8. The minimum Gasteiger partial charge on any atom is -0.455 e. The van der Waals surface area contributed by atoms with Crippen LogP contribution < -0.4 is 10.1 Å². The van der Waals surface area contributed by atoms with Gasteiger partial charge >= 0.3 is 6.03 Å². The summed E-state index contributed by atoms with van der Waals surface area (Å²) in [5, 5.41) is 13.8. The number of nitrogens with one attached hydrogen (secondary N) is 1. The molecule has 2 atom stereocenters. The molecule has 1 saturated heterocycles. The molecule has 2 aromatic carbocycles. The molecule has 2 N–H and O–H groups in total. The van der Waals surface area contributed by atoms with Crippen molar-refractivity contribution in [1.29, 1.82) is 0 Å². The van der Waals surface area contributed by atoms with Gasteiger partial charge in [0.2, 0.25) is 0 Å². The largest absolute Gasteiger partial charge is 0.455 e. The zero-order valence-corrected chi connectivity index (χ0v) is 16.4. The van der Waals surface area contributed by atoms with Crippen LogP contribution >= 0.6 is 0 Å². The van der Waals surface area contributed by atoms with Crippen molar-refractivity contribution in [3.05, 3.63) is 54.6 Å². The summed E-state index contributed by atoms with van der Waals surface area (Å²) in [4.78, 5) is 14.5. The van der Waals surface area contributed by atoms with Crippen LogP contribution in [0, 0.1) is 5.92 Å². The average molecular weight is 384 g/mol. The first kappa shape index (κ1) is 20.2. The van der Waals surface area contributed by atoms with E-state index >= 15 is 0 Å². The molecule has 0 aliphatic carbocycles. The third-order valence-corrected chi connectivity index (χ3v) is 5.35. The Kier molecular flexibility index (Phi) is 6.54. The number of hydrogen-bond donors (Lipinski definition) is 2. The lowest BCUT2D eigenvalue weighted by molar-refractivity contribution is -0.0725. The molecule has 1 fully saturated rings. The molecule has 2 aromatic rings. The van der Waals surface area contributed by atoms with Gasteiger partial charge in [0.25, 0.3) is 0 Å². The van der Waals surface area contributed by atoms with Gasteiger partial charge in [-0.25, -0.2) is 4.79 Å². The molecule has 0 bridgehead atoms. The van der Waals surface area contributed by atoms with Crippen LogP contribution in [-0.4, -0.2) is 48.4 Å². The Bertz CT molecular complexity index is 783. The van der Waals surface area contributed by atoms with E-state index in [1.165, 1.54) is 0 Å². The van der Waals surface area contributed by atoms with Crippen LogP contribution in [0.25, 0.3) is 0 Å². The normalized spacial score (nSPS) is 22.0. The van der Waals surface area contributed by atoms with E-state index in [2.05, 4.69) is 5.32 Å². The fourth-order valence-corrected chi connectivity index (χ4v) is 3.47. The number of carbonyl (C=O) groups excluding carboxylic acids is 1. The number of rotatable bonds is 6. The number of amides is 2. The molecule has 2 amide bonds. The van der Waals surface area contributed by atoms with E-state index < -0.39 is 5.60 Å². The van der Waals surface area contributed by atoms with Gasteiger partial charge in [0.1, 0.15) is 5.75 Å². The van der Waals surface area contributed by atoms with Crippen LogP contribution in [0.3, 0.4) is 0 Å². The van der Waals surface area contributed by atoms with E-state index in [0.717, 1.165) is 0 Å². The second-order valence-electron chi connectivity index (χ2n) is 7.28. The van der Waals surface area contributed by atoms with E-state index in [1.54, 1.807) is 12.0 Å². The number of carbonyl (C=O) groups is 1. The second kappa shape index (κ2) is 9.08. The SMILES string of the molecule is COCC[C@]1(O)CCN(C(=O)Nc2ccccc2Oc2ccccc2)C[C@H]1C. The number of piperidine rings is 1. The first-order chi connectivity index (χ1) is 13.5. The number of urea groups is 1. The van der Waals surface area contributed by atoms with Crippen molar-refractivity contribution in [1.82, 2.24) is 4.90 Å². The Morgan fingerprint density at radius 3 is 2.64 bits per heavy atom. The van der Waals surface area contributed by atoms with Gasteiger partial charge in [-0.15, -0.1) is 0 Å². The molecule has 6 nitrogen and oxygen atoms in total. The Labute approximate surface area is 166 Å². The zero-order chi connectivity index (χ0) is 20.0. The van der Waals surface area contributed by atoms with Crippen LogP contribution in [0.2, 0.25) is 0 Å². The summed E-state index contributed by atoms with van der Waals surface area (Å²) in [5.41, 5.74) is -0.176. The van der Waals surface area contributed by atoms with Crippen molar-refractivity contribution in [2.75, 3.05) is 32.1 Å². The van der Waals surface area contributed by atoms with E-state index in [1.807, 2.05) is 61.5 Å². The van der Waals surface area contributed by atoms with Crippen LogP contribution in [0.15, 0.2) is 54.6 Å². The van der Waals surface area contributed by atoms with Gasteiger partial charge in [0.15, 0.2) is 5.75 Å². The molecule has 0 aromatic heterocycles. The maximum Gasteiger partial charge on any atom is 0.321 e. The monoisotopic (exact) mass is 384 g/mol. The standard InChI is InChI=1S/C22H28N2O4/c1-17-16-24(14-12-22(17,26)13-15-27-2)21(25)23-19-10-6-7-11-20(19)28-18-8-4-3-5-9-18/h3-11,17,26H,12-16H2,1-2H3,(H,23,25)/t17-,22-/m1/s1. The lowest BCUT2D eigenvalue weighted by atomic mass is 9.80. The van der Waals surface area contributed by atoms with Gasteiger partial charge in [-0.1, -0.05) is 37.3 Å². The summed E-state index contributed by atoms with van der Waals surface area (Å²) < 4.78 is 11.0. The summed E-state index contributed by atoms with van der Waals surface area (Å²) in [6, 6.07) is 16.6. The first-order valence-corrected chi connectivity index (χ1v) is 9.61. The highest BCUT2D eigenvalue weighted by Gasteiger charge is 2.39. The fourth-order valence-electron chi connectivity index (χ4n) is 3.47. The Morgan fingerprint density at radius 2 is 1.93 bits per heavy atom. The predicted octanol–water partition coefficient (Wildman–Crippen LogP) is 4.12. The molecule has 150 valence electrons. The number of ether oxygens (including phenoxy) is 2. The predicted molar refractivity (Wildman–Crippen MR) is 109 cm³/mol. The Balaban J connectivity index is 1.64. The Morgan fingerprint density at radius 1 is 1.21 bits per heavy atom. The molecule has 6 heteroatoms. The number of anilines is 1. The number of benzene rings is 2. The molecule has 0 spiro atoms. The third kappa shape index (κ3) is 4.82. The van der Waals surface area contributed by atoms with Crippen LogP contribution in [0.5, 0.6) is 11.5 Å². The lowest BCUT2D eigenvalue weighted by Crippen LogP contribution is -2.53. The summed E-state index contributed by atoms with van der Waals surface area (Å²) in [7, 11) is 1.63. The molecule has 0 unspecified atom stereocenters. The van der Waals surface area contributed by atoms with Gasteiger partial charge in [0.05, 0.1) is 11.3 Å². The molecule has 3 rings (SSSR count). The van der Waals surface area contributed by atoms with Crippen molar-refractivity contribution < 1.29 is 19.4 Å². The fraction of sp³-hybridized carbons (Fsp3) is 0.409. The number of likely N-dealkylation sites (tertiary alicyclic amines) is 1. The van der Waals surface area contributed by atoms with Crippen molar-refractivity contribution in [3.8, 4) is 11.5 Å². The van der Waals surface area contributed by atoms with Crippen LogP contribution in [-0.2, 0) is 4.74 Å². The molecule has 28 heavy (non-hydrogen) atoms. The number of nitrogens with zero attached hydrogens (tertiary/aromatic N) is 1. The maximum absolute atomic E-state index is 12.8. The average Bonchev–Trinajstić information content (AvgIpc) is 2.71. The van der Waals surface area contributed by atoms with E-state index in [0.29, 0.717) is 49.7 Å². The second-order valence-corrected chi connectivity index (χ2v) is 7.28. The van der Waals surface area contributed by atoms with E-state index in [-0.39, 0.29) is 11.9 Å². The molecule has 1 heterocycles. The van der Waals surface area contributed by atoms with E-state index in [4.69, 9.17) is 9.47 Å². The zero-order valence-electron chi connectivity index (χ0n) is 16.4. The van der Waals surface area contributed by atoms with Crippen LogP contribution in [0.1, 0.15) is 19.8 Å². The lowest BCUT2D eigenvalue weighted by Gasteiger charge is -2.43. The van der Waals surface area contributed by atoms with Crippen molar-refractivity contribution in [3.63, 3.8) is 0 Å². The number of aliphatic hydroxyl groups is 1.